The second-order valence-electron chi connectivity index (χ2n) is 5.16. The topological polar surface area (TPSA) is 28.2 Å². The number of aromatic nitrogens is 1. The maximum atomic E-state index is 6.22. The number of nitrogens with zero attached hydrogens (tertiary/aromatic N) is 2. The van der Waals surface area contributed by atoms with Gasteiger partial charge >= 0.3 is 0 Å². The molecule has 0 unspecified atom stereocenters. The average molecular weight is 312 g/mol. The van der Waals surface area contributed by atoms with Crippen LogP contribution in [0.15, 0.2) is 30.5 Å². The molecule has 1 aliphatic rings. The highest BCUT2D eigenvalue weighted by molar-refractivity contribution is 6.31. The molecule has 1 saturated heterocycles. The van der Waals surface area contributed by atoms with Crippen LogP contribution < -0.4 is 5.32 Å². The van der Waals surface area contributed by atoms with E-state index >= 15 is 0 Å². The van der Waals surface area contributed by atoms with Crippen LogP contribution in [0.4, 0.5) is 0 Å². The van der Waals surface area contributed by atoms with Crippen LogP contribution in [0.3, 0.4) is 0 Å². The molecule has 0 radical (unpaired) electrons. The van der Waals surface area contributed by atoms with E-state index in [2.05, 4.69) is 28.2 Å². The molecular formula is C15H19Cl2N3. The summed E-state index contributed by atoms with van der Waals surface area (Å²) < 4.78 is 0. The Labute approximate surface area is 130 Å². The summed E-state index contributed by atoms with van der Waals surface area (Å²) in [7, 11) is 0. The van der Waals surface area contributed by atoms with Crippen molar-refractivity contribution < 1.29 is 0 Å². The van der Waals surface area contributed by atoms with Gasteiger partial charge in [-0.3, -0.25) is 9.88 Å². The molecule has 0 saturated carbocycles. The molecule has 3 rings (SSSR count). The predicted octanol–water partition coefficient (Wildman–Crippen LogP) is 3.10. The Hall–Kier alpha value is -0.870. The van der Waals surface area contributed by atoms with Crippen LogP contribution in [-0.4, -0.2) is 35.6 Å². The second-order valence-corrected chi connectivity index (χ2v) is 5.60. The molecule has 0 aliphatic carbocycles. The third-order valence-electron chi connectivity index (χ3n) is 3.76. The van der Waals surface area contributed by atoms with Gasteiger partial charge in [-0.05, 0) is 30.7 Å². The van der Waals surface area contributed by atoms with E-state index < -0.39 is 0 Å². The van der Waals surface area contributed by atoms with Crippen molar-refractivity contribution in [3.8, 4) is 0 Å². The van der Waals surface area contributed by atoms with Crippen LogP contribution in [0.1, 0.15) is 12.5 Å². The maximum Gasteiger partial charge on any atom is 0.0747 e. The first kappa shape index (κ1) is 15.5. The molecule has 1 aliphatic heterocycles. The third kappa shape index (κ3) is 3.23. The van der Waals surface area contributed by atoms with Crippen molar-refractivity contribution in [1.29, 1.82) is 0 Å². The summed E-state index contributed by atoms with van der Waals surface area (Å²) in [6, 6.07) is 8.60. The zero-order chi connectivity index (χ0) is 13.2. The molecule has 1 aromatic heterocycles. The summed E-state index contributed by atoms with van der Waals surface area (Å²) in [6.45, 7) is 6.34. The first-order valence-electron chi connectivity index (χ1n) is 6.72. The molecule has 20 heavy (non-hydrogen) atoms. The number of piperazine rings is 1. The number of rotatable bonds is 2. The lowest BCUT2D eigenvalue weighted by Crippen LogP contribution is -2.49. The molecule has 108 valence electrons. The summed E-state index contributed by atoms with van der Waals surface area (Å²) in [5.41, 5.74) is 2.29. The quantitative estimate of drug-likeness (QED) is 0.923. The highest BCUT2D eigenvalue weighted by Gasteiger charge is 2.19. The van der Waals surface area contributed by atoms with Gasteiger partial charge in [-0.25, -0.2) is 0 Å². The molecule has 0 amide bonds. The smallest absolute Gasteiger partial charge is 0.0747 e. The Balaban J connectivity index is 0.00000147. The Kier molecular flexibility index (Phi) is 5.22. The third-order valence-corrected chi connectivity index (χ3v) is 3.98. The van der Waals surface area contributed by atoms with Crippen LogP contribution in [-0.2, 0) is 6.54 Å². The maximum absolute atomic E-state index is 6.22. The SMILES string of the molecule is C[C@H]1CNCCN1Cc1cc(Cl)cc2cccnc12.Cl. The normalized spacial score (nSPS) is 19.8. The van der Waals surface area contributed by atoms with Gasteiger partial charge in [0, 0.05) is 48.8 Å². The zero-order valence-corrected chi connectivity index (χ0v) is 13.0. The van der Waals surface area contributed by atoms with Crippen molar-refractivity contribution in [2.24, 2.45) is 0 Å². The van der Waals surface area contributed by atoms with E-state index in [1.807, 2.05) is 24.4 Å². The van der Waals surface area contributed by atoms with E-state index in [0.29, 0.717) is 6.04 Å². The summed E-state index contributed by atoms with van der Waals surface area (Å²) >= 11 is 6.22. The fraction of sp³-hybridized carbons (Fsp3) is 0.400. The van der Waals surface area contributed by atoms with Crippen molar-refractivity contribution in [2.75, 3.05) is 19.6 Å². The Morgan fingerprint density at radius 1 is 1.45 bits per heavy atom. The Morgan fingerprint density at radius 2 is 2.30 bits per heavy atom. The van der Waals surface area contributed by atoms with Gasteiger partial charge in [-0.1, -0.05) is 17.7 Å². The van der Waals surface area contributed by atoms with Crippen LogP contribution in [0.2, 0.25) is 5.02 Å². The van der Waals surface area contributed by atoms with E-state index in [0.717, 1.165) is 42.1 Å². The number of pyridine rings is 1. The van der Waals surface area contributed by atoms with Crippen molar-refractivity contribution in [1.82, 2.24) is 15.2 Å². The number of fused-ring (bicyclic) bond motifs is 1. The molecule has 2 heterocycles. The number of nitrogens with one attached hydrogen (secondary N) is 1. The first-order valence-corrected chi connectivity index (χ1v) is 7.10. The molecule has 2 aromatic rings. The number of benzene rings is 1. The van der Waals surface area contributed by atoms with Gasteiger partial charge in [-0.15, -0.1) is 12.4 Å². The molecule has 1 N–H and O–H groups in total. The molecule has 1 atom stereocenters. The first-order chi connectivity index (χ1) is 9.24. The van der Waals surface area contributed by atoms with Gasteiger partial charge in [0.25, 0.3) is 0 Å². The van der Waals surface area contributed by atoms with E-state index in [9.17, 15) is 0 Å². The number of hydrogen-bond acceptors (Lipinski definition) is 3. The molecule has 0 bridgehead atoms. The van der Waals surface area contributed by atoms with Crippen molar-refractivity contribution in [3.05, 3.63) is 41.0 Å². The number of halogens is 2. The van der Waals surface area contributed by atoms with E-state index in [1.54, 1.807) is 0 Å². The standard InChI is InChI=1S/C15H18ClN3.ClH/c1-11-9-17-5-6-19(11)10-13-8-14(16)7-12-3-2-4-18-15(12)13;/h2-4,7-8,11,17H,5-6,9-10H2,1H3;1H/t11-;/m0./s1. The predicted molar refractivity (Wildman–Crippen MR) is 86.7 cm³/mol. The van der Waals surface area contributed by atoms with Crippen molar-refractivity contribution in [3.63, 3.8) is 0 Å². The van der Waals surface area contributed by atoms with Crippen LogP contribution in [0, 0.1) is 0 Å². The van der Waals surface area contributed by atoms with Crippen molar-refractivity contribution in [2.45, 2.75) is 19.5 Å². The largest absolute Gasteiger partial charge is 0.314 e. The molecular weight excluding hydrogens is 293 g/mol. The molecule has 3 nitrogen and oxygen atoms in total. The Bertz CT molecular complexity index is 588. The highest BCUT2D eigenvalue weighted by atomic mass is 35.5. The monoisotopic (exact) mass is 311 g/mol. The van der Waals surface area contributed by atoms with Gasteiger partial charge < -0.3 is 5.32 Å². The molecule has 1 fully saturated rings. The number of hydrogen-bond donors (Lipinski definition) is 1. The van der Waals surface area contributed by atoms with Gasteiger partial charge in [0.15, 0.2) is 0 Å². The average Bonchev–Trinajstić information content (AvgIpc) is 2.41. The second kappa shape index (κ2) is 6.72. The summed E-state index contributed by atoms with van der Waals surface area (Å²) in [6.07, 6.45) is 1.85. The lowest BCUT2D eigenvalue weighted by atomic mass is 10.1. The van der Waals surface area contributed by atoms with Gasteiger partial charge in [0.2, 0.25) is 0 Å². The Morgan fingerprint density at radius 3 is 3.10 bits per heavy atom. The fourth-order valence-electron chi connectivity index (χ4n) is 2.68. The minimum Gasteiger partial charge on any atom is -0.314 e. The van der Waals surface area contributed by atoms with Gasteiger partial charge in [0.05, 0.1) is 5.52 Å². The van der Waals surface area contributed by atoms with Crippen LogP contribution in [0.5, 0.6) is 0 Å². The molecule has 0 spiro atoms. The summed E-state index contributed by atoms with van der Waals surface area (Å²) in [5, 5.41) is 5.32. The fourth-order valence-corrected chi connectivity index (χ4v) is 2.93. The highest BCUT2D eigenvalue weighted by Crippen LogP contribution is 2.24. The summed E-state index contributed by atoms with van der Waals surface area (Å²) in [4.78, 5) is 6.99. The van der Waals surface area contributed by atoms with E-state index in [1.165, 1.54) is 5.56 Å². The minimum atomic E-state index is 0. The molecule has 5 heteroatoms. The summed E-state index contributed by atoms with van der Waals surface area (Å²) in [5.74, 6) is 0. The van der Waals surface area contributed by atoms with Crippen LogP contribution in [0.25, 0.3) is 10.9 Å². The lowest BCUT2D eigenvalue weighted by Gasteiger charge is -2.34. The van der Waals surface area contributed by atoms with E-state index in [4.69, 9.17) is 11.6 Å². The van der Waals surface area contributed by atoms with Crippen molar-refractivity contribution >= 4 is 34.9 Å². The van der Waals surface area contributed by atoms with Crippen LogP contribution >= 0.6 is 24.0 Å². The molecule has 1 aromatic carbocycles. The van der Waals surface area contributed by atoms with Gasteiger partial charge in [-0.2, -0.15) is 0 Å². The van der Waals surface area contributed by atoms with E-state index in [-0.39, 0.29) is 12.4 Å². The zero-order valence-electron chi connectivity index (χ0n) is 11.5. The lowest BCUT2D eigenvalue weighted by molar-refractivity contribution is 0.166. The van der Waals surface area contributed by atoms with Gasteiger partial charge in [0.1, 0.15) is 0 Å². The minimum absolute atomic E-state index is 0.